The molecular weight excluding hydrogens is 446 g/mol. The first kappa shape index (κ1) is 22.1. The summed E-state index contributed by atoms with van der Waals surface area (Å²) in [7, 11) is 1.78. The van der Waals surface area contributed by atoms with E-state index < -0.39 is 30.4 Å². The number of nitrogen functional groups attached to an aromatic ring is 1. The van der Waals surface area contributed by atoms with E-state index in [0.717, 1.165) is 0 Å². The molecule has 0 aliphatic carbocycles. The Kier molecular flexibility index (Phi) is 5.55. The van der Waals surface area contributed by atoms with Gasteiger partial charge in [0, 0.05) is 51.2 Å². The van der Waals surface area contributed by atoms with E-state index in [1.165, 1.54) is 10.9 Å². The van der Waals surface area contributed by atoms with Crippen LogP contribution in [0.1, 0.15) is 6.23 Å². The number of fused-ring (bicyclic) bond motifs is 1. The molecule has 180 valence electrons. The second-order valence-corrected chi connectivity index (χ2v) is 8.22. The van der Waals surface area contributed by atoms with Crippen molar-refractivity contribution in [2.24, 2.45) is 7.05 Å². The smallest absolute Gasteiger partial charge is 0.317 e. The number of aliphatic hydroxyl groups is 2. The zero-order chi connectivity index (χ0) is 24.0. The molecule has 3 aromatic rings. The fourth-order valence-corrected chi connectivity index (χ4v) is 4.30. The third-order valence-electron chi connectivity index (χ3n) is 6.03. The van der Waals surface area contributed by atoms with Crippen LogP contribution in [0, 0.1) is 0 Å². The number of nitrogens with two attached hydrogens (primary N) is 1. The van der Waals surface area contributed by atoms with Gasteiger partial charge in [-0.25, -0.2) is 14.8 Å². The lowest BCUT2D eigenvalue weighted by Gasteiger charge is -2.18. The number of urea groups is 1. The van der Waals surface area contributed by atoms with Crippen molar-refractivity contribution in [2.75, 3.05) is 31.9 Å². The Morgan fingerprint density at radius 2 is 2.18 bits per heavy atom. The number of nitrogens with one attached hydrogen (secondary N) is 2. The maximum absolute atomic E-state index is 12.7. The minimum atomic E-state index is -1.48. The molecule has 0 spiro atoms. The molecule has 3 amide bonds. The number of ether oxygens (including phenoxy) is 1. The molecule has 3 aromatic heterocycles. The van der Waals surface area contributed by atoms with E-state index in [-0.39, 0.29) is 18.4 Å². The Bertz CT molecular complexity index is 1240. The summed E-state index contributed by atoms with van der Waals surface area (Å²) < 4.78 is 8.97. The van der Waals surface area contributed by atoms with Crippen molar-refractivity contribution in [2.45, 2.75) is 24.5 Å². The van der Waals surface area contributed by atoms with Crippen molar-refractivity contribution in [1.82, 2.24) is 39.8 Å². The molecule has 0 aromatic carbocycles. The number of nitrogens with zero attached hydrogens (tertiary/aromatic N) is 6. The highest BCUT2D eigenvalue weighted by atomic mass is 16.6. The van der Waals surface area contributed by atoms with Crippen molar-refractivity contribution in [3.63, 3.8) is 0 Å². The van der Waals surface area contributed by atoms with Gasteiger partial charge >= 0.3 is 6.03 Å². The van der Waals surface area contributed by atoms with Crippen LogP contribution in [0.3, 0.4) is 0 Å². The Hall–Kier alpha value is -3.75. The van der Waals surface area contributed by atoms with E-state index in [0.29, 0.717) is 41.9 Å². The van der Waals surface area contributed by atoms with Crippen LogP contribution in [0.2, 0.25) is 0 Å². The SMILES string of the molecule is Cn1ccc(-c2cn([C@@H]3O[C@H](C(=O)NCCN4CCNC4=O)[C@@H](O)[C@H]3O)c3ncnc(N)c23)n1. The van der Waals surface area contributed by atoms with Gasteiger partial charge in [0.25, 0.3) is 5.91 Å². The zero-order valence-electron chi connectivity index (χ0n) is 18.3. The largest absolute Gasteiger partial charge is 0.387 e. The molecule has 14 heteroatoms. The fourth-order valence-electron chi connectivity index (χ4n) is 4.30. The average Bonchev–Trinajstić information content (AvgIpc) is 3.57. The highest BCUT2D eigenvalue weighted by Crippen LogP contribution is 2.37. The molecule has 4 atom stereocenters. The second kappa shape index (κ2) is 8.55. The summed E-state index contributed by atoms with van der Waals surface area (Å²) in [6.45, 7) is 1.62. The molecule has 0 bridgehead atoms. The Morgan fingerprint density at radius 3 is 2.88 bits per heavy atom. The maximum Gasteiger partial charge on any atom is 0.317 e. The van der Waals surface area contributed by atoms with Gasteiger partial charge in [-0.05, 0) is 6.07 Å². The van der Waals surface area contributed by atoms with Crippen molar-refractivity contribution in [3.8, 4) is 11.3 Å². The summed E-state index contributed by atoms with van der Waals surface area (Å²) in [5, 5.41) is 31.6. The van der Waals surface area contributed by atoms with Gasteiger partial charge in [0.2, 0.25) is 0 Å². The summed E-state index contributed by atoms with van der Waals surface area (Å²) in [4.78, 5) is 34.2. The second-order valence-electron chi connectivity index (χ2n) is 8.22. The first-order chi connectivity index (χ1) is 16.3. The maximum atomic E-state index is 12.7. The fraction of sp³-hybridized carbons (Fsp3) is 0.450. The summed E-state index contributed by atoms with van der Waals surface area (Å²) in [6.07, 6.45) is -0.599. The third-order valence-corrected chi connectivity index (χ3v) is 6.03. The van der Waals surface area contributed by atoms with Crippen LogP contribution in [0.25, 0.3) is 22.3 Å². The number of rotatable bonds is 6. The van der Waals surface area contributed by atoms with Gasteiger partial charge in [0.05, 0.1) is 11.1 Å². The molecule has 2 saturated heterocycles. The van der Waals surface area contributed by atoms with E-state index in [9.17, 15) is 19.8 Å². The lowest BCUT2D eigenvalue weighted by atomic mass is 10.1. The Morgan fingerprint density at radius 1 is 1.35 bits per heavy atom. The quantitative estimate of drug-likeness (QED) is 0.276. The van der Waals surface area contributed by atoms with E-state index in [4.69, 9.17) is 10.5 Å². The molecular formula is C20H25N9O5. The van der Waals surface area contributed by atoms with E-state index >= 15 is 0 Å². The molecule has 34 heavy (non-hydrogen) atoms. The topological polar surface area (TPSA) is 186 Å². The molecule has 14 nitrogen and oxygen atoms in total. The molecule has 6 N–H and O–H groups in total. The summed E-state index contributed by atoms with van der Waals surface area (Å²) >= 11 is 0. The number of aromatic nitrogens is 5. The van der Waals surface area contributed by atoms with Crippen molar-refractivity contribution in [1.29, 1.82) is 0 Å². The molecule has 2 aliphatic rings. The number of carbonyl (C=O) groups is 2. The molecule has 2 fully saturated rings. The number of amides is 3. The molecule has 0 radical (unpaired) electrons. The van der Waals surface area contributed by atoms with Crippen molar-refractivity contribution < 1.29 is 24.5 Å². The number of carbonyl (C=O) groups excluding carboxylic acids is 2. The molecule has 2 aliphatic heterocycles. The predicted octanol–water partition coefficient (Wildman–Crippen LogP) is -1.83. The zero-order valence-corrected chi connectivity index (χ0v) is 18.3. The Labute approximate surface area is 193 Å². The lowest BCUT2D eigenvalue weighted by Crippen LogP contribution is -2.45. The predicted molar refractivity (Wildman–Crippen MR) is 118 cm³/mol. The van der Waals surface area contributed by atoms with Gasteiger partial charge in [0.15, 0.2) is 12.3 Å². The first-order valence-electron chi connectivity index (χ1n) is 10.8. The molecule has 5 heterocycles. The summed E-state index contributed by atoms with van der Waals surface area (Å²) in [5.41, 5.74) is 7.72. The van der Waals surface area contributed by atoms with E-state index in [1.807, 2.05) is 0 Å². The van der Waals surface area contributed by atoms with Crippen LogP contribution in [0.15, 0.2) is 24.8 Å². The van der Waals surface area contributed by atoms with Gasteiger partial charge in [-0.2, -0.15) is 5.10 Å². The van der Waals surface area contributed by atoms with Crippen LogP contribution < -0.4 is 16.4 Å². The minimum Gasteiger partial charge on any atom is -0.387 e. The Balaban J connectivity index is 1.38. The van der Waals surface area contributed by atoms with Gasteiger partial charge in [-0.1, -0.05) is 0 Å². The number of hydrogen-bond acceptors (Lipinski definition) is 9. The van der Waals surface area contributed by atoms with Gasteiger partial charge < -0.3 is 40.8 Å². The summed E-state index contributed by atoms with van der Waals surface area (Å²) in [5.74, 6) is -0.373. The lowest BCUT2D eigenvalue weighted by molar-refractivity contribution is -0.137. The highest BCUT2D eigenvalue weighted by molar-refractivity contribution is 5.99. The summed E-state index contributed by atoms with van der Waals surface area (Å²) in [6, 6.07) is 1.61. The first-order valence-corrected chi connectivity index (χ1v) is 10.8. The van der Waals surface area contributed by atoms with Crippen LogP contribution >= 0.6 is 0 Å². The minimum absolute atomic E-state index is 0.180. The number of anilines is 1. The van der Waals surface area contributed by atoms with Crippen molar-refractivity contribution in [3.05, 3.63) is 24.8 Å². The van der Waals surface area contributed by atoms with Gasteiger partial charge in [0.1, 0.15) is 30.0 Å². The van der Waals surface area contributed by atoms with Gasteiger partial charge in [-0.15, -0.1) is 0 Å². The molecule has 0 saturated carbocycles. The number of aryl methyl sites for hydroxylation is 1. The van der Waals surface area contributed by atoms with Gasteiger partial charge in [-0.3, -0.25) is 9.48 Å². The third kappa shape index (κ3) is 3.70. The van der Waals surface area contributed by atoms with E-state index in [2.05, 4.69) is 25.7 Å². The monoisotopic (exact) mass is 471 g/mol. The normalized spacial score (nSPS) is 24.7. The van der Waals surface area contributed by atoms with Crippen LogP contribution in [0.5, 0.6) is 0 Å². The van der Waals surface area contributed by atoms with Crippen LogP contribution in [-0.4, -0.2) is 95.9 Å². The van der Waals surface area contributed by atoms with E-state index in [1.54, 1.807) is 35.1 Å². The number of aliphatic hydroxyl groups excluding tert-OH is 2. The van der Waals surface area contributed by atoms with Crippen LogP contribution in [-0.2, 0) is 16.6 Å². The highest BCUT2D eigenvalue weighted by Gasteiger charge is 2.48. The van der Waals surface area contributed by atoms with Crippen molar-refractivity contribution >= 4 is 28.8 Å². The standard InChI is InChI=1S/C20H25N9O5/c1-27-5-2-11(26-27)10-8-29(17-12(10)16(21)24-9-25-17)19-14(31)13(30)15(34-19)18(32)22-3-6-28-7-4-23-20(28)33/h2,5,8-9,13-15,19,30-31H,3-4,6-7H2,1H3,(H,22,32)(H,23,33)(H2,21,24,25)/t13-,14+,15-,19+/m0/s1. The number of hydrogen-bond donors (Lipinski definition) is 5. The molecule has 0 unspecified atom stereocenters. The average molecular weight is 471 g/mol. The van der Waals surface area contributed by atoms with Crippen LogP contribution in [0.4, 0.5) is 10.6 Å². The molecule has 5 rings (SSSR count).